The molecule has 23 heavy (non-hydrogen) atoms. The van der Waals surface area contributed by atoms with E-state index in [0.29, 0.717) is 0 Å². The molecule has 0 aromatic heterocycles. The van der Waals surface area contributed by atoms with E-state index in [1.165, 1.54) is 0 Å². The van der Waals surface area contributed by atoms with E-state index in [9.17, 15) is 4.79 Å². The van der Waals surface area contributed by atoms with Gasteiger partial charge in [-0.3, -0.25) is 4.79 Å². The van der Waals surface area contributed by atoms with Crippen LogP contribution < -0.4 is 5.32 Å². The summed E-state index contributed by atoms with van der Waals surface area (Å²) in [7, 11) is 4.00. The lowest BCUT2D eigenvalue weighted by atomic mass is 10.1. The summed E-state index contributed by atoms with van der Waals surface area (Å²) in [5, 5.41) is 3.07. The highest BCUT2D eigenvalue weighted by Gasteiger charge is 2.13. The van der Waals surface area contributed by atoms with Gasteiger partial charge in [-0.25, -0.2) is 0 Å². The Bertz CT molecular complexity index is 668. The normalized spacial score (nSPS) is 12.5. The van der Waals surface area contributed by atoms with Crippen molar-refractivity contribution in [3.05, 3.63) is 76.3 Å². The van der Waals surface area contributed by atoms with Crippen molar-refractivity contribution in [1.29, 1.82) is 0 Å². The molecule has 0 heterocycles. The van der Waals surface area contributed by atoms with Gasteiger partial charge in [-0.05, 0) is 37.4 Å². The topological polar surface area (TPSA) is 32.3 Å². The lowest BCUT2D eigenvalue weighted by Crippen LogP contribution is -2.34. The maximum Gasteiger partial charge on any atom is 0.244 e. The Morgan fingerprint density at radius 3 is 2.43 bits per heavy atom. The average Bonchev–Trinajstić information content (AvgIpc) is 2.54. The SMILES string of the molecule is CN(C)CC(NC(=O)/C=C/c1ccccc1Br)c1ccccc1. The van der Waals surface area contributed by atoms with Crippen LogP contribution in [0.25, 0.3) is 6.08 Å². The molecule has 120 valence electrons. The fourth-order valence-corrected chi connectivity index (χ4v) is 2.70. The Hall–Kier alpha value is -1.91. The molecule has 0 aliphatic carbocycles. The van der Waals surface area contributed by atoms with Crippen LogP contribution in [0.2, 0.25) is 0 Å². The quantitative estimate of drug-likeness (QED) is 0.780. The van der Waals surface area contributed by atoms with Crippen molar-refractivity contribution in [2.24, 2.45) is 0 Å². The number of nitrogens with one attached hydrogen (secondary N) is 1. The first kappa shape index (κ1) is 17.4. The van der Waals surface area contributed by atoms with Gasteiger partial charge >= 0.3 is 0 Å². The van der Waals surface area contributed by atoms with E-state index in [1.54, 1.807) is 6.08 Å². The molecule has 0 spiro atoms. The second-order valence-electron chi connectivity index (χ2n) is 5.59. The zero-order valence-electron chi connectivity index (χ0n) is 13.4. The van der Waals surface area contributed by atoms with Gasteiger partial charge in [0.05, 0.1) is 6.04 Å². The van der Waals surface area contributed by atoms with Gasteiger partial charge < -0.3 is 10.2 Å². The molecule has 0 saturated heterocycles. The number of rotatable bonds is 6. The van der Waals surface area contributed by atoms with Crippen LogP contribution in [-0.4, -0.2) is 31.4 Å². The summed E-state index contributed by atoms with van der Waals surface area (Å²) in [5.74, 6) is -0.101. The third kappa shape index (κ3) is 5.66. The van der Waals surface area contributed by atoms with E-state index in [-0.39, 0.29) is 11.9 Å². The number of nitrogens with zero attached hydrogens (tertiary/aromatic N) is 1. The molecular formula is C19H21BrN2O. The Labute approximate surface area is 146 Å². The second-order valence-corrected chi connectivity index (χ2v) is 6.44. The van der Waals surface area contributed by atoms with E-state index >= 15 is 0 Å². The van der Waals surface area contributed by atoms with Gasteiger partial charge in [-0.1, -0.05) is 64.5 Å². The molecule has 1 unspecified atom stereocenters. The number of carbonyl (C=O) groups is 1. The Morgan fingerprint density at radius 2 is 1.78 bits per heavy atom. The first-order valence-corrected chi connectivity index (χ1v) is 8.28. The van der Waals surface area contributed by atoms with E-state index in [1.807, 2.05) is 74.8 Å². The number of likely N-dealkylation sites (N-methyl/N-ethyl adjacent to an activating group) is 1. The molecule has 1 atom stereocenters. The minimum atomic E-state index is -0.101. The molecule has 0 saturated carbocycles. The summed E-state index contributed by atoms with van der Waals surface area (Å²) in [6.07, 6.45) is 3.39. The molecular weight excluding hydrogens is 352 g/mol. The van der Waals surface area contributed by atoms with Gasteiger partial charge in [-0.2, -0.15) is 0 Å². The van der Waals surface area contributed by atoms with Crippen molar-refractivity contribution in [1.82, 2.24) is 10.2 Å². The second kappa shape index (κ2) is 8.65. The van der Waals surface area contributed by atoms with Gasteiger partial charge in [0.1, 0.15) is 0 Å². The minimum Gasteiger partial charge on any atom is -0.344 e. The van der Waals surface area contributed by atoms with Crippen molar-refractivity contribution in [3.63, 3.8) is 0 Å². The molecule has 0 bridgehead atoms. The molecule has 1 N–H and O–H groups in total. The van der Waals surface area contributed by atoms with Crippen LogP contribution in [0.4, 0.5) is 0 Å². The standard InChI is InChI=1S/C19H21BrN2O/c1-22(2)14-18(16-9-4-3-5-10-16)21-19(23)13-12-15-8-6-7-11-17(15)20/h3-13,18H,14H2,1-2H3,(H,21,23)/b13-12+. The van der Waals surface area contributed by atoms with Crippen LogP contribution >= 0.6 is 15.9 Å². The number of hydrogen-bond acceptors (Lipinski definition) is 2. The molecule has 1 amide bonds. The van der Waals surface area contributed by atoms with Crippen molar-refractivity contribution in [2.45, 2.75) is 6.04 Å². The largest absolute Gasteiger partial charge is 0.344 e. The van der Waals surface area contributed by atoms with Crippen molar-refractivity contribution in [2.75, 3.05) is 20.6 Å². The van der Waals surface area contributed by atoms with Gasteiger partial charge in [0.25, 0.3) is 0 Å². The van der Waals surface area contributed by atoms with E-state index in [0.717, 1.165) is 22.1 Å². The molecule has 2 aromatic carbocycles. The predicted molar refractivity (Wildman–Crippen MR) is 99.1 cm³/mol. The third-order valence-corrected chi connectivity index (χ3v) is 4.11. The molecule has 0 aliphatic rings. The first-order valence-electron chi connectivity index (χ1n) is 7.49. The lowest BCUT2D eigenvalue weighted by molar-refractivity contribution is -0.117. The number of hydrogen-bond donors (Lipinski definition) is 1. The van der Waals surface area contributed by atoms with E-state index < -0.39 is 0 Å². The summed E-state index contributed by atoms with van der Waals surface area (Å²) in [6, 6.07) is 17.8. The molecule has 2 aromatic rings. The maximum absolute atomic E-state index is 12.3. The van der Waals surface area contributed by atoms with Gasteiger partial charge in [0, 0.05) is 17.1 Å². The van der Waals surface area contributed by atoms with E-state index in [2.05, 4.69) is 26.1 Å². The molecule has 0 fully saturated rings. The monoisotopic (exact) mass is 372 g/mol. The van der Waals surface area contributed by atoms with Crippen LogP contribution in [0.5, 0.6) is 0 Å². The number of halogens is 1. The molecule has 0 radical (unpaired) electrons. The van der Waals surface area contributed by atoms with Crippen molar-refractivity contribution in [3.8, 4) is 0 Å². The number of carbonyl (C=O) groups excluding carboxylic acids is 1. The summed E-state index contributed by atoms with van der Waals surface area (Å²) in [6.45, 7) is 0.749. The highest BCUT2D eigenvalue weighted by molar-refractivity contribution is 9.10. The highest BCUT2D eigenvalue weighted by Crippen LogP contribution is 2.17. The summed E-state index contributed by atoms with van der Waals surface area (Å²) in [5.41, 5.74) is 2.08. The van der Waals surface area contributed by atoms with Gasteiger partial charge in [-0.15, -0.1) is 0 Å². The predicted octanol–water partition coefficient (Wildman–Crippen LogP) is 3.88. The molecule has 4 heteroatoms. The summed E-state index contributed by atoms with van der Waals surface area (Å²) in [4.78, 5) is 14.3. The van der Waals surface area contributed by atoms with Gasteiger partial charge in [0.15, 0.2) is 0 Å². The Kier molecular flexibility index (Phi) is 6.56. The summed E-state index contributed by atoms with van der Waals surface area (Å²) >= 11 is 3.48. The smallest absolute Gasteiger partial charge is 0.244 e. The molecule has 2 rings (SSSR count). The average molecular weight is 373 g/mol. The zero-order chi connectivity index (χ0) is 16.7. The first-order chi connectivity index (χ1) is 11.1. The van der Waals surface area contributed by atoms with Gasteiger partial charge in [0.2, 0.25) is 5.91 Å². The minimum absolute atomic E-state index is 0.0393. The number of amides is 1. The van der Waals surface area contributed by atoms with Crippen LogP contribution in [0.3, 0.4) is 0 Å². The van der Waals surface area contributed by atoms with Crippen LogP contribution in [-0.2, 0) is 4.79 Å². The highest BCUT2D eigenvalue weighted by atomic mass is 79.9. The Balaban J connectivity index is 2.07. The third-order valence-electron chi connectivity index (χ3n) is 3.39. The molecule has 0 aliphatic heterocycles. The fraction of sp³-hybridized carbons (Fsp3) is 0.211. The van der Waals surface area contributed by atoms with E-state index in [4.69, 9.17) is 0 Å². The summed E-state index contributed by atoms with van der Waals surface area (Å²) < 4.78 is 0.969. The van der Waals surface area contributed by atoms with Crippen molar-refractivity contribution >= 4 is 27.9 Å². The zero-order valence-corrected chi connectivity index (χ0v) is 15.0. The maximum atomic E-state index is 12.3. The fourth-order valence-electron chi connectivity index (χ4n) is 2.28. The molecule has 3 nitrogen and oxygen atoms in total. The van der Waals surface area contributed by atoms with Crippen LogP contribution in [0.15, 0.2) is 65.1 Å². The van der Waals surface area contributed by atoms with Crippen molar-refractivity contribution < 1.29 is 4.79 Å². The Morgan fingerprint density at radius 1 is 1.13 bits per heavy atom. The van der Waals surface area contributed by atoms with Crippen LogP contribution in [0, 0.1) is 0 Å². The lowest BCUT2D eigenvalue weighted by Gasteiger charge is -2.22. The number of benzene rings is 2. The van der Waals surface area contributed by atoms with Crippen LogP contribution in [0.1, 0.15) is 17.2 Å².